The molecule has 1 aromatic carbocycles. The number of hydrogen-bond acceptors (Lipinski definition) is 2. The number of benzene rings is 1. The van der Waals surface area contributed by atoms with E-state index in [-0.39, 0.29) is 6.16 Å². The third-order valence-corrected chi connectivity index (χ3v) is 3.88. The highest BCUT2D eigenvalue weighted by Crippen LogP contribution is 2.37. The molecule has 2 aromatic rings. The molecule has 0 saturated heterocycles. The van der Waals surface area contributed by atoms with Crippen molar-refractivity contribution in [2.24, 2.45) is 0 Å². The van der Waals surface area contributed by atoms with Crippen LogP contribution in [0.2, 0.25) is 0 Å². The van der Waals surface area contributed by atoms with E-state index in [0.717, 1.165) is 29.4 Å². The second-order valence-corrected chi connectivity index (χ2v) is 6.75. The molecule has 1 aromatic heterocycles. The molecule has 0 fully saturated rings. The minimum absolute atomic E-state index is 0.315. The van der Waals surface area contributed by atoms with E-state index in [1.807, 2.05) is 12.3 Å². The van der Waals surface area contributed by atoms with E-state index >= 15 is 0 Å². The predicted molar refractivity (Wildman–Crippen MR) is 73.2 cm³/mol. The summed E-state index contributed by atoms with van der Waals surface area (Å²) in [5.41, 5.74) is 2.67. The molecule has 2 rings (SSSR count). The molecule has 6 heteroatoms. The first-order valence-corrected chi connectivity index (χ1v) is 8.03. The summed E-state index contributed by atoms with van der Waals surface area (Å²) in [6.45, 7) is 0.968. The molecule has 1 atom stereocenters. The number of aromatic amines is 1. The Morgan fingerprint density at radius 1 is 1.37 bits per heavy atom. The number of hydrogen-bond donors (Lipinski definition) is 3. The van der Waals surface area contributed by atoms with E-state index in [0.29, 0.717) is 5.56 Å². The topological polar surface area (TPSA) is 80.6 Å². The first kappa shape index (κ1) is 14.3. The molecule has 0 spiro atoms. The number of aromatic nitrogens is 1. The van der Waals surface area contributed by atoms with E-state index in [1.54, 1.807) is 12.1 Å². The lowest BCUT2D eigenvalue weighted by Gasteiger charge is -2.16. The highest BCUT2D eigenvalue weighted by Gasteiger charge is 2.13. The summed E-state index contributed by atoms with van der Waals surface area (Å²) < 4.78 is 11.1. The lowest BCUT2D eigenvalue weighted by atomic mass is 10.1. The van der Waals surface area contributed by atoms with Gasteiger partial charge in [0.25, 0.3) is 0 Å². The second kappa shape index (κ2) is 5.47. The van der Waals surface area contributed by atoms with E-state index in [9.17, 15) is 9.46 Å². The fourth-order valence-corrected chi connectivity index (χ4v) is 2.96. The van der Waals surface area contributed by atoms with Crippen LogP contribution in [0.3, 0.4) is 0 Å². The molecule has 3 N–H and O–H groups in total. The highest BCUT2D eigenvalue weighted by molar-refractivity contribution is 7.49. The van der Waals surface area contributed by atoms with Crippen LogP contribution in [-0.2, 0) is 17.1 Å². The van der Waals surface area contributed by atoms with Gasteiger partial charge in [-0.15, -0.1) is 0 Å². The van der Waals surface area contributed by atoms with Gasteiger partial charge < -0.3 is 24.2 Å². The zero-order valence-corrected chi connectivity index (χ0v) is 12.0. The Bertz CT molecular complexity index is 615. The van der Waals surface area contributed by atoms with Gasteiger partial charge in [-0.2, -0.15) is 0 Å². The molecule has 0 saturated carbocycles. The molecule has 1 heterocycles. The molecule has 0 bridgehead atoms. The Morgan fingerprint density at radius 2 is 2.11 bits per heavy atom. The number of likely N-dealkylation sites (N-methyl/N-ethyl adjacent to an activating group) is 1. The Kier molecular flexibility index (Phi) is 4.11. The van der Waals surface area contributed by atoms with Crippen LogP contribution >= 0.6 is 7.60 Å². The second-order valence-electron chi connectivity index (χ2n) is 5.16. The normalized spacial score (nSPS) is 15.0. The molecule has 104 valence electrons. The fourth-order valence-electron chi connectivity index (χ4n) is 2.27. The van der Waals surface area contributed by atoms with Crippen LogP contribution < -0.4 is 9.79 Å². The van der Waals surface area contributed by atoms with Gasteiger partial charge in [-0.25, -0.2) is 0 Å². The highest BCUT2D eigenvalue weighted by atomic mass is 31.2. The molecular weight excluding hydrogens is 263 g/mol. The lowest BCUT2D eigenvalue weighted by molar-refractivity contribution is -0.858. The van der Waals surface area contributed by atoms with Gasteiger partial charge in [0.2, 0.25) is 0 Å². The first-order chi connectivity index (χ1) is 8.87. The summed E-state index contributed by atoms with van der Waals surface area (Å²) in [4.78, 5) is 24.7. The number of quaternary nitrogens is 1. The van der Waals surface area contributed by atoms with Crippen LogP contribution in [0.25, 0.3) is 10.9 Å². The Hall–Kier alpha value is -1.13. The van der Waals surface area contributed by atoms with Gasteiger partial charge in [-0.05, 0) is 17.2 Å². The van der Waals surface area contributed by atoms with Crippen LogP contribution in [0.15, 0.2) is 24.4 Å². The molecule has 19 heavy (non-hydrogen) atoms. The minimum atomic E-state index is -4.29. The largest absolute Gasteiger partial charge is 0.778 e. The van der Waals surface area contributed by atoms with Crippen LogP contribution in [-0.4, -0.2) is 30.5 Å². The molecule has 1 unspecified atom stereocenters. The number of fused-ring (bicyclic) bond motifs is 1. The smallest absolute Gasteiger partial charge is 0.136 e. The van der Waals surface area contributed by atoms with Gasteiger partial charge in [0.1, 0.15) is 7.60 Å². The van der Waals surface area contributed by atoms with Gasteiger partial charge in [0.15, 0.2) is 0 Å². The van der Waals surface area contributed by atoms with Crippen molar-refractivity contribution in [2.75, 3.05) is 20.6 Å². The molecule has 0 aliphatic carbocycles. The summed E-state index contributed by atoms with van der Waals surface area (Å²) >= 11 is 0. The number of nitrogens with one attached hydrogen (secondary N) is 2. The quantitative estimate of drug-likeness (QED) is 0.670. The monoisotopic (exact) mass is 282 g/mol. The van der Waals surface area contributed by atoms with Crippen LogP contribution in [0.1, 0.15) is 11.1 Å². The summed E-state index contributed by atoms with van der Waals surface area (Å²) in [5.74, 6) is 0. The van der Waals surface area contributed by atoms with Crippen LogP contribution in [0.5, 0.6) is 0 Å². The predicted octanol–water partition coefficient (Wildman–Crippen LogP) is -0.0994. The van der Waals surface area contributed by atoms with Gasteiger partial charge in [0, 0.05) is 29.7 Å². The van der Waals surface area contributed by atoms with Crippen LogP contribution in [0.4, 0.5) is 0 Å². The molecule has 5 nitrogen and oxygen atoms in total. The van der Waals surface area contributed by atoms with E-state index < -0.39 is 7.60 Å². The maximum absolute atomic E-state index is 11.1. The number of H-pyrrole nitrogens is 1. The van der Waals surface area contributed by atoms with Crippen molar-refractivity contribution < 1.29 is 19.3 Å². The van der Waals surface area contributed by atoms with Gasteiger partial charge >= 0.3 is 0 Å². The molecule has 0 amide bonds. The van der Waals surface area contributed by atoms with Crippen molar-refractivity contribution in [1.29, 1.82) is 0 Å². The van der Waals surface area contributed by atoms with Crippen LogP contribution in [0, 0.1) is 0 Å². The Balaban J connectivity index is 2.40. The standard InChI is InChI=1S/C13H19N2O3P/c1-15(2)7-6-10-8-14-12-5-3-4-11(13(10)12)9-19(16,17)18/h3-5,8,14H,6-7,9H2,1-2H3,(H2,16,17,18). The third kappa shape index (κ3) is 3.67. The zero-order valence-electron chi connectivity index (χ0n) is 11.1. The maximum Gasteiger partial charge on any atom is 0.136 e. The SMILES string of the molecule is C[NH+](C)CCc1c[nH]c2cccc(CP(=O)([O-])O)c12. The maximum atomic E-state index is 11.1. The van der Waals surface area contributed by atoms with Crippen molar-refractivity contribution in [3.05, 3.63) is 35.5 Å². The zero-order chi connectivity index (χ0) is 14.0. The van der Waals surface area contributed by atoms with E-state index in [4.69, 9.17) is 4.89 Å². The van der Waals surface area contributed by atoms with Gasteiger partial charge in [-0.3, -0.25) is 0 Å². The van der Waals surface area contributed by atoms with E-state index in [2.05, 4.69) is 19.1 Å². The van der Waals surface area contributed by atoms with Crippen molar-refractivity contribution in [2.45, 2.75) is 12.6 Å². The molecule has 0 radical (unpaired) electrons. The minimum Gasteiger partial charge on any atom is -0.778 e. The summed E-state index contributed by atoms with van der Waals surface area (Å²) in [7, 11) is -0.137. The number of rotatable bonds is 5. The summed E-state index contributed by atoms with van der Waals surface area (Å²) in [6, 6.07) is 5.46. The van der Waals surface area contributed by atoms with Gasteiger partial charge in [-0.1, -0.05) is 12.1 Å². The van der Waals surface area contributed by atoms with Crippen molar-refractivity contribution in [3.8, 4) is 0 Å². The molecule has 0 aliphatic heterocycles. The van der Waals surface area contributed by atoms with E-state index in [1.165, 1.54) is 4.90 Å². The average Bonchev–Trinajstić information content (AvgIpc) is 2.68. The third-order valence-electron chi connectivity index (χ3n) is 3.14. The molecular formula is C13H19N2O3P. The first-order valence-electron chi connectivity index (χ1n) is 6.26. The Morgan fingerprint density at radius 3 is 2.74 bits per heavy atom. The summed E-state index contributed by atoms with van der Waals surface area (Å²) in [5, 5.41) is 0.925. The average molecular weight is 282 g/mol. The lowest BCUT2D eigenvalue weighted by Crippen LogP contribution is -3.05. The van der Waals surface area contributed by atoms with Crippen molar-refractivity contribution >= 4 is 18.5 Å². The molecule has 0 aliphatic rings. The van der Waals surface area contributed by atoms with Crippen molar-refractivity contribution in [1.82, 2.24) is 4.98 Å². The Labute approximate surface area is 112 Å². The van der Waals surface area contributed by atoms with Gasteiger partial charge in [0.05, 0.1) is 20.6 Å². The summed E-state index contributed by atoms with van der Waals surface area (Å²) in [6.07, 6.45) is 2.47. The van der Waals surface area contributed by atoms with Crippen molar-refractivity contribution in [3.63, 3.8) is 0 Å². The fraction of sp³-hybridized carbons (Fsp3) is 0.385.